The standard InChI is InChI=1S/C10H12N2O4S/c11-17(15,16)6-7-4-8-2-1-3-10(12(13)14)9(8)5-7/h1-3,7H,4-6H2,(H2,11,15,16). The zero-order valence-corrected chi connectivity index (χ0v) is 9.81. The van der Waals surface area contributed by atoms with Gasteiger partial charge in [0.05, 0.1) is 10.7 Å². The molecule has 0 heterocycles. The molecule has 6 nitrogen and oxygen atoms in total. The van der Waals surface area contributed by atoms with E-state index in [1.807, 2.05) is 0 Å². The molecule has 2 rings (SSSR count). The van der Waals surface area contributed by atoms with Crippen molar-refractivity contribution in [1.82, 2.24) is 0 Å². The molecule has 0 amide bonds. The SMILES string of the molecule is NS(=O)(=O)CC1Cc2cccc([N+](=O)[O-])c2C1. The quantitative estimate of drug-likeness (QED) is 0.631. The summed E-state index contributed by atoms with van der Waals surface area (Å²) in [6, 6.07) is 4.86. The lowest BCUT2D eigenvalue weighted by atomic mass is 10.1. The van der Waals surface area contributed by atoms with E-state index in [-0.39, 0.29) is 17.4 Å². The molecule has 0 saturated heterocycles. The van der Waals surface area contributed by atoms with Crippen molar-refractivity contribution in [3.8, 4) is 0 Å². The molecule has 0 aliphatic heterocycles. The molecule has 92 valence electrons. The van der Waals surface area contributed by atoms with Gasteiger partial charge in [-0.2, -0.15) is 0 Å². The molecule has 1 aliphatic rings. The van der Waals surface area contributed by atoms with Crippen molar-refractivity contribution in [1.29, 1.82) is 0 Å². The zero-order valence-electron chi connectivity index (χ0n) is 9.00. The van der Waals surface area contributed by atoms with Gasteiger partial charge < -0.3 is 0 Å². The zero-order chi connectivity index (χ0) is 12.6. The van der Waals surface area contributed by atoms with E-state index >= 15 is 0 Å². The second-order valence-electron chi connectivity index (χ2n) is 4.28. The van der Waals surface area contributed by atoms with E-state index in [1.54, 1.807) is 12.1 Å². The molecule has 17 heavy (non-hydrogen) atoms. The lowest BCUT2D eigenvalue weighted by Gasteiger charge is -2.05. The Bertz CT molecular complexity index is 568. The second-order valence-corrected chi connectivity index (χ2v) is 5.93. The maximum atomic E-state index is 11.0. The lowest BCUT2D eigenvalue weighted by molar-refractivity contribution is -0.385. The Balaban J connectivity index is 2.28. The van der Waals surface area contributed by atoms with Gasteiger partial charge >= 0.3 is 0 Å². The Hall–Kier alpha value is -1.47. The van der Waals surface area contributed by atoms with Crippen LogP contribution in [0.5, 0.6) is 0 Å². The van der Waals surface area contributed by atoms with E-state index < -0.39 is 14.9 Å². The van der Waals surface area contributed by atoms with E-state index in [0.29, 0.717) is 18.4 Å². The third-order valence-corrected chi connectivity index (χ3v) is 3.85. The predicted octanol–water partition coefficient (Wildman–Crippen LogP) is 0.598. The molecule has 1 aromatic rings. The summed E-state index contributed by atoms with van der Waals surface area (Å²) >= 11 is 0. The van der Waals surface area contributed by atoms with Gasteiger partial charge in [0.25, 0.3) is 5.69 Å². The molecule has 7 heteroatoms. The van der Waals surface area contributed by atoms with Crippen molar-refractivity contribution < 1.29 is 13.3 Å². The van der Waals surface area contributed by atoms with Crippen molar-refractivity contribution in [2.75, 3.05) is 5.75 Å². The van der Waals surface area contributed by atoms with Crippen molar-refractivity contribution in [2.45, 2.75) is 12.8 Å². The summed E-state index contributed by atoms with van der Waals surface area (Å²) in [6.45, 7) is 0. The molecule has 1 unspecified atom stereocenters. The molecule has 2 N–H and O–H groups in total. The van der Waals surface area contributed by atoms with Gasteiger partial charge in [-0.05, 0) is 24.3 Å². The van der Waals surface area contributed by atoms with Crippen LogP contribution in [0.25, 0.3) is 0 Å². The highest BCUT2D eigenvalue weighted by Gasteiger charge is 2.30. The fourth-order valence-corrected chi connectivity index (χ4v) is 3.23. The minimum Gasteiger partial charge on any atom is -0.258 e. The Morgan fingerprint density at radius 3 is 2.71 bits per heavy atom. The number of hydrogen-bond donors (Lipinski definition) is 1. The lowest BCUT2D eigenvalue weighted by Crippen LogP contribution is -2.23. The predicted molar refractivity (Wildman–Crippen MR) is 62.0 cm³/mol. The first kappa shape index (κ1) is 12.0. The summed E-state index contributed by atoms with van der Waals surface area (Å²) in [4.78, 5) is 10.4. The van der Waals surface area contributed by atoms with E-state index in [2.05, 4.69) is 0 Å². The summed E-state index contributed by atoms with van der Waals surface area (Å²) in [6.07, 6.45) is 0.941. The van der Waals surface area contributed by atoms with Crippen molar-refractivity contribution in [3.63, 3.8) is 0 Å². The summed E-state index contributed by atoms with van der Waals surface area (Å²) in [7, 11) is -3.53. The average molecular weight is 256 g/mol. The van der Waals surface area contributed by atoms with Crippen molar-refractivity contribution in [3.05, 3.63) is 39.4 Å². The smallest absolute Gasteiger partial charge is 0.258 e. The molecule has 0 saturated carbocycles. The van der Waals surface area contributed by atoms with Gasteiger partial charge in [0.15, 0.2) is 0 Å². The van der Waals surface area contributed by atoms with Gasteiger partial charge in [-0.15, -0.1) is 0 Å². The summed E-state index contributed by atoms with van der Waals surface area (Å²) in [5.41, 5.74) is 1.57. The Morgan fingerprint density at radius 1 is 1.41 bits per heavy atom. The van der Waals surface area contributed by atoms with Crippen LogP contribution in [-0.2, 0) is 22.9 Å². The Kier molecular flexibility index (Phi) is 2.88. The van der Waals surface area contributed by atoms with Crippen LogP contribution in [0.15, 0.2) is 18.2 Å². The Labute approximate surface area is 98.6 Å². The fraction of sp³-hybridized carbons (Fsp3) is 0.400. The van der Waals surface area contributed by atoms with Gasteiger partial charge in [-0.1, -0.05) is 12.1 Å². The molecule has 1 aromatic carbocycles. The van der Waals surface area contributed by atoms with Crippen LogP contribution in [0.3, 0.4) is 0 Å². The first-order chi connectivity index (χ1) is 7.87. The van der Waals surface area contributed by atoms with Crippen molar-refractivity contribution in [2.24, 2.45) is 11.1 Å². The van der Waals surface area contributed by atoms with Gasteiger partial charge in [-0.3, -0.25) is 10.1 Å². The fourth-order valence-electron chi connectivity index (χ4n) is 2.34. The number of nitrogens with two attached hydrogens (primary N) is 1. The molecule has 0 bridgehead atoms. The first-order valence-electron chi connectivity index (χ1n) is 5.12. The van der Waals surface area contributed by atoms with Gasteiger partial charge in [-0.25, -0.2) is 13.6 Å². The monoisotopic (exact) mass is 256 g/mol. The van der Waals surface area contributed by atoms with Crippen LogP contribution in [0, 0.1) is 16.0 Å². The highest BCUT2D eigenvalue weighted by Crippen LogP contribution is 2.33. The Morgan fingerprint density at radius 2 is 2.12 bits per heavy atom. The van der Waals surface area contributed by atoms with E-state index in [1.165, 1.54) is 6.07 Å². The van der Waals surface area contributed by atoms with Crippen molar-refractivity contribution >= 4 is 15.7 Å². The minimum atomic E-state index is -3.53. The summed E-state index contributed by atoms with van der Waals surface area (Å²) in [5, 5.41) is 15.8. The molecule has 0 radical (unpaired) electrons. The largest absolute Gasteiger partial charge is 0.272 e. The normalized spacial score (nSPS) is 19.0. The molecule has 0 aromatic heterocycles. The van der Waals surface area contributed by atoms with E-state index in [0.717, 1.165) is 5.56 Å². The van der Waals surface area contributed by atoms with Gasteiger partial charge in [0.2, 0.25) is 10.0 Å². The highest BCUT2D eigenvalue weighted by atomic mass is 32.2. The number of fused-ring (bicyclic) bond motifs is 1. The van der Waals surface area contributed by atoms with Crippen LogP contribution in [0.2, 0.25) is 0 Å². The van der Waals surface area contributed by atoms with E-state index in [9.17, 15) is 18.5 Å². The van der Waals surface area contributed by atoms with Crippen LogP contribution in [0.1, 0.15) is 11.1 Å². The number of sulfonamides is 1. The number of benzene rings is 1. The van der Waals surface area contributed by atoms with Crippen LogP contribution in [-0.4, -0.2) is 19.1 Å². The van der Waals surface area contributed by atoms with E-state index in [4.69, 9.17) is 5.14 Å². The molecule has 1 aliphatic carbocycles. The summed E-state index contributed by atoms with van der Waals surface area (Å²) in [5.74, 6) is -0.278. The number of rotatable bonds is 3. The first-order valence-corrected chi connectivity index (χ1v) is 6.84. The average Bonchev–Trinajstić information content (AvgIpc) is 2.55. The minimum absolute atomic E-state index is 0.0689. The number of primary sulfonamides is 1. The van der Waals surface area contributed by atoms with Gasteiger partial charge in [0, 0.05) is 11.6 Å². The molecular weight excluding hydrogens is 244 g/mol. The van der Waals surface area contributed by atoms with Crippen LogP contribution < -0.4 is 5.14 Å². The molecule has 0 fully saturated rings. The van der Waals surface area contributed by atoms with Crippen LogP contribution >= 0.6 is 0 Å². The number of nitro groups is 1. The maximum absolute atomic E-state index is 11.0. The van der Waals surface area contributed by atoms with Crippen LogP contribution in [0.4, 0.5) is 5.69 Å². The molecule has 0 spiro atoms. The number of nitrogens with zero attached hydrogens (tertiary/aromatic N) is 1. The number of hydrogen-bond acceptors (Lipinski definition) is 4. The highest BCUT2D eigenvalue weighted by molar-refractivity contribution is 7.89. The molecule has 1 atom stereocenters. The number of nitro benzene ring substituents is 1. The van der Waals surface area contributed by atoms with Gasteiger partial charge in [0.1, 0.15) is 0 Å². The third kappa shape index (κ3) is 2.62. The maximum Gasteiger partial charge on any atom is 0.272 e. The summed E-state index contributed by atoms with van der Waals surface area (Å²) < 4.78 is 22.0. The molecular formula is C10H12N2O4S. The second kappa shape index (κ2) is 4.08. The third-order valence-electron chi connectivity index (χ3n) is 2.91. The topological polar surface area (TPSA) is 103 Å².